The SMILES string of the molecule is CCCNC(c1ccc2c(c1)CCO2)c1cnn(C)c1C. The number of aryl methyl sites for hydroxylation is 1. The molecule has 1 aromatic heterocycles. The predicted octanol–water partition coefficient (Wildman–Crippen LogP) is 2.75. The second-order valence-corrected chi connectivity index (χ2v) is 5.66. The lowest BCUT2D eigenvalue weighted by Gasteiger charge is -2.19. The lowest BCUT2D eigenvalue weighted by Crippen LogP contribution is -2.23. The van der Waals surface area contributed by atoms with Crippen LogP contribution in [0.25, 0.3) is 0 Å². The number of benzene rings is 1. The van der Waals surface area contributed by atoms with Gasteiger partial charge in [-0.25, -0.2) is 0 Å². The minimum Gasteiger partial charge on any atom is -0.493 e. The Bertz CT molecular complexity index is 633. The summed E-state index contributed by atoms with van der Waals surface area (Å²) < 4.78 is 7.55. The van der Waals surface area contributed by atoms with Crippen molar-refractivity contribution in [1.29, 1.82) is 0 Å². The smallest absolute Gasteiger partial charge is 0.122 e. The fraction of sp³-hybridized carbons (Fsp3) is 0.471. The van der Waals surface area contributed by atoms with Gasteiger partial charge in [-0.1, -0.05) is 19.1 Å². The van der Waals surface area contributed by atoms with Crippen molar-refractivity contribution in [1.82, 2.24) is 15.1 Å². The van der Waals surface area contributed by atoms with E-state index < -0.39 is 0 Å². The van der Waals surface area contributed by atoms with E-state index in [9.17, 15) is 0 Å². The number of nitrogens with one attached hydrogen (secondary N) is 1. The molecule has 2 aromatic rings. The van der Waals surface area contributed by atoms with Gasteiger partial charge in [0.1, 0.15) is 5.75 Å². The van der Waals surface area contributed by atoms with Crippen LogP contribution >= 0.6 is 0 Å². The number of nitrogens with zero attached hydrogens (tertiary/aromatic N) is 2. The molecule has 0 spiro atoms. The Morgan fingerprint density at radius 1 is 1.43 bits per heavy atom. The van der Waals surface area contributed by atoms with E-state index in [0.29, 0.717) is 0 Å². The van der Waals surface area contributed by atoms with Crippen LogP contribution in [0, 0.1) is 6.92 Å². The van der Waals surface area contributed by atoms with Crippen molar-refractivity contribution in [3.05, 3.63) is 46.8 Å². The van der Waals surface area contributed by atoms with Crippen molar-refractivity contribution >= 4 is 0 Å². The zero-order chi connectivity index (χ0) is 14.8. The highest BCUT2D eigenvalue weighted by Crippen LogP contribution is 2.31. The molecule has 1 aliphatic rings. The highest BCUT2D eigenvalue weighted by molar-refractivity contribution is 5.43. The van der Waals surface area contributed by atoms with Crippen molar-refractivity contribution in [2.24, 2.45) is 7.05 Å². The molecule has 1 unspecified atom stereocenters. The van der Waals surface area contributed by atoms with Crippen LogP contribution < -0.4 is 10.1 Å². The molecule has 0 fully saturated rings. The second-order valence-electron chi connectivity index (χ2n) is 5.66. The molecule has 1 aromatic carbocycles. The van der Waals surface area contributed by atoms with E-state index in [-0.39, 0.29) is 6.04 Å². The van der Waals surface area contributed by atoms with Crippen molar-refractivity contribution < 1.29 is 4.74 Å². The van der Waals surface area contributed by atoms with E-state index in [2.05, 4.69) is 42.5 Å². The van der Waals surface area contributed by atoms with Gasteiger partial charge in [0, 0.05) is 24.7 Å². The van der Waals surface area contributed by atoms with Gasteiger partial charge in [-0.2, -0.15) is 5.10 Å². The molecule has 0 saturated heterocycles. The number of fused-ring (bicyclic) bond motifs is 1. The first kappa shape index (κ1) is 14.1. The molecule has 1 aliphatic heterocycles. The summed E-state index contributed by atoms with van der Waals surface area (Å²) in [5, 5.41) is 8.05. The average molecular weight is 285 g/mol. The summed E-state index contributed by atoms with van der Waals surface area (Å²) in [5.74, 6) is 1.04. The maximum atomic E-state index is 5.61. The van der Waals surface area contributed by atoms with Gasteiger partial charge in [0.15, 0.2) is 0 Å². The number of hydrogen-bond acceptors (Lipinski definition) is 3. The average Bonchev–Trinajstić information content (AvgIpc) is 3.08. The van der Waals surface area contributed by atoms with Gasteiger partial charge in [-0.3, -0.25) is 4.68 Å². The minimum absolute atomic E-state index is 0.199. The lowest BCUT2D eigenvalue weighted by molar-refractivity contribution is 0.357. The molecule has 4 nitrogen and oxygen atoms in total. The lowest BCUT2D eigenvalue weighted by atomic mass is 9.96. The van der Waals surface area contributed by atoms with Crippen molar-refractivity contribution in [3.63, 3.8) is 0 Å². The normalized spacial score (nSPS) is 14.8. The van der Waals surface area contributed by atoms with E-state index in [0.717, 1.165) is 31.7 Å². The van der Waals surface area contributed by atoms with E-state index in [1.165, 1.54) is 22.4 Å². The Labute approximate surface area is 126 Å². The molecule has 1 atom stereocenters. The highest BCUT2D eigenvalue weighted by Gasteiger charge is 2.21. The van der Waals surface area contributed by atoms with E-state index in [4.69, 9.17) is 4.74 Å². The Morgan fingerprint density at radius 3 is 3.00 bits per heavy atom. The van der Waals surface area contributed by atoms with Gasteiger partial charge in [0.2, 0.25) is 0 Å². The quantitative estimate of drug-likeness (QED) is 0.918. The molecular weight excluding hydrogens is 262 g/mol. The first-order chi connectivity index (χ1) is 10.2. The predicted molar refractivity (Wildman–Crippen MR) is 83.7 cm³/mol. The molecule has 21 heavy (non-hydrogen) atoms. The summed E-state index contributed by atoms with van der Waals surface area (Å²) in [5.41, 5.74) is 5.08. The third-order valence-corrected chi connectivity index (χ3v) is 4.23. The van der Waals surface area contributed by atoms with Gasteiger partial charge in [-0.15, -0.1) is 0 Å². The molecule has 0 amide bonds. The van der Waals surface area contributed by atoms with Crippen LogP contribution in [0.1, 0.15) is 41.8 Å². The van der Waals surface area contributed by atoms with Gasteiger partial charge in [0.05, 0.1) is 18.8 Å². The number of aromatic nitrogens is 2. The summed E-state index contributed by atoms with van der Waals surface area (Å²) in [4.78, 5) is 0. The fourth-order valence-corrected chi connectivity index (χ4v) is 2.88. The largest absolute Gasteiger partial charge is 0.493 e. The van der Waals surface area contributed by atoms with Crippen molar-refractivity contribution in [3.8, 4) is 5.75 Å². The fourth-order valence-electron chi connectivity index (χ4n) is 2.88. The second kappa shape index (κ2) is 5.90. The number of rotatable bonds is 5. The zero-order valence-electron chi connectivity index (χ0n) is 13.0. The van der Waals surface area contributed by atoms with Gasteiger partial charge in [0.25, 0.3) is 0 Å². The van der Waals surface area contributed by atoms with Gasteiger partial charge in [-0.05, 0) is 37.1 Å². The molecule has 2 heterocycles. The first-order valence-electron chi connectivity index (χ1n) is 7.68. The third kappa shape index (κ3) is 2.68. The van der Waals surface area contributed by atoms with Crippen LogP contribution in [0.2, 0.25) is 0 Å². The van der Waals surface area contributed by atoms with Crippen molar-refractivity contribution in [2.75, 3.05) is 13.2 Å². The zero-order valence-corrected chi connectivity index (χ0v) is 13.0. The Hall–Kier alpha value is -1.81. The standard InChI is InChI=1S/C17H23N3O/c1-4-8-18-17(15-11-19-20(3)12(15)2)14-5-6-16-13(10-14)7-9-21-16/h5-6,10-11,17-18H,4,7-9H2,1-3H3. The molecule has 112 valence electrons. The van der Waals surface area contributed by atoms with Crippen LogP contribution in [-0.2, 0) is 13.5 Å². The third-order valence-electron chi connectivity index (χ3n) is 4.23. The van der Waals surface area contributed by atoms with Crippen LogP contribution in [-0.4, -0.2) is 22.9 Å². The topological polar surface area (TPSA) is 39.1 Å². The van der Waals surface area contributed by atoms with Crippen LogP contribution in [0.5, 0.6) is 5.75 Å². The monoisotopic (exact) mass is 285 g/mol. The summed E-state index contributed by atoms with van der Waals surface area (Å²) >= 11 is 0. The number of ether oxygens (including phenoxy) is 1. The Balaban J connectivity index is 1.97. The molecule has 0 radical (unpaired) electrons. The van der Waals surface area contributed by atoms with E-state index >= 15 is 0 Å². The van der Waals surface area contributed by atoms with Gasteiger partial charge >= 0.3 is 0 Å². The molecule has 0 bridgehead atoms. The Morgan fingerprint density at radius 2 is 2.29 bits per heavy atom. The molecule has 1 N–H and O–H groups in total. The summed E-state index contributed by atoms with van der Waals surface area (Å²) in [7, 11) is 1.99. The van der Waals surface area contributed by atoms with E-state index in [1.807, 2.05) is 17.9 Å². The first-order valence-corrected chi connectivity index (χ1v) is 7.68. The van der Waals surface area contributed by atoms with Crippen LogP contribution in [0.3, 0.4) is 0 Å². The molecule has 4 heteroatoms. The molecule has 0 saturated carbocycles. The molecule has 3 rings (SSSR count). The number of hydrogen-bond donors (Lipinski definition) is 1. The summed E-state index contributed by atoms with van der Waals surface area (Å²) in [6, 6.07) is 6.75. The summed E-state index contributed by atoms with van der Waals surface area (Å²) in [6.07, 6.45) is 4.10. The maximum Gasteiger partial charge on any atom is 0.122 e. The molecule has 0 aliphatic carbocycles. The van der Waals surface area contributed by atoms with E-state index in [1.54, 1.807) is 0 Å². The highest BCUT2D eigenvalue weighted by atomic mass is 16.5. The summed E-state index contributed by atoms with van der Waals surface area (Å²) in [6.45, 7) is 6.11. The Kier molecular flexibility index (Phi) is 3.97. The van der Waals surface area contributed by atoms with Crippen LogP contribution in [0.15, 0.2) is 24.4 Å². The minimum atomic E-state index is 0.199. The maximum absolute atomic E-state index is 5.61. The van der Waals surface area contributed by atoms with Crippen LogP contribution in [0.4, 0.5) is 0 Å². The van der Waals surface area contributed by atoms with Gasteiger partial charge < -0.3 is 10.1 Å². The molecular formula is C17H23N3O. The van der Waals surface area contributed by atoms with Crippen molar-refractivity contribution in [2.45, 2.75) is 32.7 Å².